The summed E-state index contributed by atoms with van der Waals surface area (Å²) in [6.07, 6.45) is 2.77. The van der Waals surface area contributed by atoms with Gasteiger partial charge in [0.15, 0.2) is 11.5 Å². The number of aliphatic hydroxyl groups is 1. The van der Waals surface area contributed by atoms with Crippen LogP contribution < -0.4 is 14.8 Å². The minimum Gasteiger partial charge on any atom is -0.454 e. The van der Waals surface area contributed by atoms with Crippen molar-refractivity contribution in [2.45, 2.75) is 57.8 Å². The van der Waals surface area contributed by atoms with Crippen molar-refractivity contribution in [1.82, 2.24) is 5.32 Å². The van der Waals surface area contributed by atoms with E-state index in [4.69, 9.17) is 14.2 Å². The van der Waals surface area contributed by atoms with E-state index in [1.165, 1.54) is 29.5 Å². The maximum Gasteiger partial charge on any atom is 0.231 e. The van der Waals surface area contributed by atoms with Gasteiger partial charge in [-0.05, 0) is 74.8 Å². The molecule has 5 heteroatoms. The summed E-state index contributed by atoms with van der Waals surface area (Å²) in [7, 11) is 0. The van der Waals surface area contributed by atoms with Crippen LogP contribution in [0.15, 0.2) is 42.5 Å². The Morgan fingerprint density at radius 3 is 2.67 bits per heavy atom. The molecule has 0 saturated heterocycles. The monoisotopic (exact) mass is 411 g/mol. The summed E-state index contributed by atoms with van der Waals surface area (Å²) in [5, 5.41) is 14.0. The number of nitrogens with one attached hydrogen (secondary N) is 1. The van der Waals surface area contributed by atoms with E-state index in [0.29, 0.717) is 19.1 Å². The molecule has 0 unspecified atom stereocenters. The van der Waals surface area contributed by atoms with Crippen LogP contribution >= 0.6 is 0 Å². The first kappa shape index (κ1) is 21.2. The molecular formula is C25H33NO4. The number of β-amino-alcohol motifs (C(OH)–C–C–N with tert-alkyl or cyclic N) is 1. The van der Waals surface area contributed by atoms with Gasteiger partial charge in [0.2, 0.25) is 6.79 Å². The van der Waals surface area contributed by atoms with E-state index in [2.05, 4.69) is 56.4 Å². The molecule has 0 radical (unpaired) electrons. The molecule has 30 heavy (non-hydrogen) atoms. The lowest BCUT2D eigenvalue weighted by atomic mass is 9.94. The largest absolute Gasteiger partial charge is 0.454 e. The van der Waals surface area contributed by atoms with Crippen LogP contribution in [0.2, 0.25) is 0 Å². The molecule has 0 spiro atoms. The Hall–Kier alpha value is -2.08. The van der Waals surface area contributed by atoms with Gasteiger partial charge in [-0.2, -0.15) is 0 Å². The van der Waals surface area contributed by atoms with E-state index in [1.807, 2.05) is 12.1 Å². The van der Waals surface area contributed by atoms with Crippen LogP contribution in [0.5, 0.6) is 11.5 Å². The van der Waals surface area contributed by atoms with Crippen molar-refractivity contribution in [3.8, 4) is 11.5 Å². The van der Waals surface area contributed by atoms with Crippen LogP contribution in [-0.4, -0.2) is 36.7 Å². The van der Waals surface area contributed by atoms with Gasteiger partial charge in [0.05, 0.1) is 18.8 Å². The zero-order valence-corrected chi connectivity index (χ0v) is 18.2. The number of rotatable bonds is 10. The van der Waals surface area contributed by atoms with Crippen molar-refractivity contribution in [3.05, 3.63) is 59.2 Å². The lowest BCUT2D eigenvalue weighted by Gasteiger charge is -2.29. The first-order valence-corrected chi connectivity index (χ1v) is 10.9. The minimum atomic E-state index is -0.550. The summed E-state index contributed by atoms with van der Waals surface area (Å²) >= 11 is 0. The van der Waals surface area contributed by atoms with Gasteiger partial charge in [-0.3, -0.25) is 0 Å². The average molecular weight is 412 g/mol. The van der Waals surface area contributed by atoms with Crippen molar-refractivity contribution in [2.24, 2.45) is 5.92 Å². The van der Waals surface area contributed by atoms with Crippen molar-refractivity contribution in [3.63, 3.8) is 0 Å². The first-order valence-electron chi connectivity index (χ1n) is 10.9. The molecule has 1 fully saturated rings. The van der Waals surface area contributed by atoms with Crippen molar-refractivity contribution in [1.29, 1.82) is 0 Å². The number of hydrogen-bond donors (Lipinski definition) is 2. The molecular weight excluding hydrogens is 378 g/mol. The molecule has 1 saturated carbocycles. The smallest absolute Gasteiger partial charge is 0.231 e. The molecule has 162 valence electrons. The SMILES string of the molecule is Cc1ccccc1[C@H](OC[C@H](O)CNC(C)(C)Cc1ccc2c(c1)OCO2)C1CC1. The van der Waals surface area contributed by atoms with E-state index >= 15 is 0 Å². The van der Waals surface area contributed by atoms with Gasteiger partial charge in [0, 0.05) is 12.1 Å². The number of fused-ring (bicyclic) bond motifs is 1. The van der Waals surface area contributed by atoms with Gasteiger partial charge in [-0.15, -0.1) is 0 Å². The van der Waals surface area contributed by atoms with Gasteiger partial charge >= 0.3 is 0 Å². The topological polar surface area (TPSA) is 60.0 Å². The summed E-state index contributed by atoms with van der Waals surface area (Å²) in [4.78, 5) is 0. The molecule has 5 nitrogen and oxygen atoms in total. The highest BCUT2D eigenvalue weighted by molar-refractivity contribution is 5.44. The molecule has 0 amide bonds. The Balaban J connectivity index is 1.27. The third-order valence-corrected chi connectivity index (χ3v) is 5.91. The summed E-state index contributed by atoms with van der Waals surface area (Å²) < 4.78 is 17.1. The Kier molecular flexibility index (Phi) is 6.32. The van der Waals surface area contributed by atoms with Crippen LogP contribution in [-0.2, 0) is 11.2 Å². The highest BCUT2D eigenvalue weighted by Crippen LogP contribution is 2.44. The molecule has 0 aromatic heterocycles. The van der Waals surface area contributed by atoms with Crippen molar-refractivity contribution >= 4 is 0 Å². The third kappa shape index (κ3) is 5.34. The van der Waals surface area contributed by atoms with Gasteiger partial charge in [0.1, 0.15) is 0 Å². The fourth-order valence-corrected chi connectivity index (χ4v) is 4.08. The lowest BCUT2D eigenvalue weighted by Crippen LogP contribution is -2.46. The lowest BCUT2D eigenvalue weighted by molar-refractivity contribution is -0.0213. The van der Waals surface area contributed by atoms with Crippen LogP contribution in [0, 0.1) is 12.8 Å². The number of aryl methyl sites for hydroxylation is 1. The standard InChI is InChI=1S/C25H33NO4/c1-17-6-4-5-7-21(17)24(19-9-10-19)28-15-20(27)14-26-25(2,3)13-18-8-11-22-23(12-18)30-16-29-22/h4-8,11-12,19-20,24,26-27H,9-10,13-16H2,1-3H3/t20-,24-/m1/s1. The van der Waals surface area contributed by atoms with Gasteiger partial charge in [-0.1, -0.05) is 30.3 Å². The first-order chi connectivity index (χ1) is 14.4. The van der Waals surface area contributed by atoms with Crippen molar-refractivity contribution in [2.75, 3.05) is 19.9 Å². The third-order valence-electron chi connectivity index (χ3n) is 5.91. The van der Waals surface area contributed by atoms with Crippen LogP contribution in [0.4, 0.5) is 0 Å². The fraction of sp³-hybridized carbons (Fsp3) is 0.520. The van der Waals surface area contributed by atoms with Gasteiger partial charge < -0.3 is 24.6 Å². The zero-order valence-electron chi connectivity index (χ0n) is 18.2. The van der Waals surface area contributed by atoms with Crippen LogP contribution in [0.1, 0.15) is 49.5 Å². The van der Waals surface area contributed by atoms with Gasteiger partial charge in [0.25, 0.3) is 0 Å². The Morgan fingerprint density at radius 1 is 1.13 bits per heavy atom. The average Bonchev–Trinajstić information content (AvgIpc) is 3.44. The molecule has 1 aliphatic heterocycles. The zero-order chi connectivity index (χ0) is 21.1. The van der Waals surface area contributed by atoms with E-state index in [-0.39, 0.29) is 18.4 Å². The molecule has 1 aliphatic carbocycles. The molecule has 2 aromatic rings. The van der Waals surface area contributed by atoms with E-state index in [0.717, 1.165) is 17.9 Å². The predicted octanol–water partition coefficient (Wildman–Crippen LogP) is 4.16. The molecule has 2 atom stereocenters. The number of benzene rings is 2. The Labute approximate surface area is 179 Å². The maximum absolute atomic E-state index is 10.5. The second-order valence-corrected chi connectivity index (χ2v) is 9.23. The molecule has 4 rings (SSSR count). The highest BCUT2D eigenvalue weighted by Gasteiger charge is 2.34. The summed E-state index contributed by atoms with van der Waals surface area (Å²) in [6, 6.07) is 14.5. The van der Waals surface area contributed by atoms with E-state index < -0.39 is 6.10 Å². The quantitative estimate of drug-likeness (QED) is 0.615. The Bertz CT molecular complexity index is 862. The molecule has 1 heterocycles. The number of hydrogen-bond acceptors (Lipinski definition) is 5. The molecule has 2 aromatic carbocycles. The molecule has 2 N–H and O–H groups in total. The summed E-state index contributed by atoms with van der Waals surface area (Å²) in [5.74, 6) is 2.18. The van der Waals surface area contributed by atoms with Crippen molar-refractivity contribution < 1.29 is 19.3 Å². The Morgan fingerprint density at radius 2 is 1.90 bits per heavy atom. The molecule has 2 aliphatic rings. The summed E-state index contributed by atoms with van der Waals surface area (Å²) in [5.41, 5.74) is 3.52. The van der Waals surface area contributed by atoms with E-state index in [9.17, 15) is 5.11 Å². The highest BCUT2D eigenvalue weighted by atomic mass is 16.7. The number of aliphatic hydroxyl groups excluding tert-OH is 1. The van der Waals surface area contributed by atoms with Gasteiger partial charge in [-0.25, -0.2) is 0 Å². The fourth-order valence-electron chi connectivity index (χ4n) is 4.08. The normalized spacial score (nSPS) is 17.7. The second kappa shape index (κ2) is 8.96. The minimum absolute atomic E-state index is 0.0856. The maximum atomic E-state index is 10.5. The second-order valence-electron chi connectivity index (χ2n) is 9.23. The predicted molar refractivity (Wildman–Crippen MR) is 117 cm³/mol. The number of ether oxygens (including phenoxy) is 3. The van der Waals surface area contributed by atoms with Crippen LogP contribution in [0.25, 0.3) is 0 Å². The van der Waals surface area contributed by atoms with E-state index in [1.54, 1.807) is 0 Å². The summed E-state index contributed by atoms with van der Waals surface area (Å²) in [6.45, 7) is 7.53. The van der Waals surface area contributed by atoms with Crippen LogP contribution in [0.3, 0.4) is 0 Å². The molecule has 0 bridgehead atoms.